The van der Waals surface area contributed by atoms with E-state index in [0.717, 1.165) is 37.9 Å². The molecule has 0 aromatic carbocycles. The molecule has 2 amide bonds. The first kappa shape index (κ1) is 13.7. The molecule has 17 heavy (non-hydrogen) atoms. The number of nitrogens with zero attached hydrogens (tertiary/aromatic N) is 1. The highest BCUT2D eigenvalue weighted by Gasteiger charge is 2.24. The third kappa shape index (κ3) is 4.21. The van der Waals surface area contributed by atoms with Crippen LogP contribution in [-0.2, 0) is 9.59 Å². The zero-order valence-corrected chi connectivity index (χ0v) is 10.7. The molecule has 0 unspecified atom stereocenters. The van der Waals surface area contributed by atoms with Crippen LogP contribution in [0.25, 0.3) is 0 Å². The second-order valence-corrected chi connectivity index (χ2v) is 4.70. The van der Waals surface area contributed by atoms with Gasteiger partial charge >= 0.3 is 0 Å². The van der Waals surface area contributed by atoms with Crippen LogP contribution in [0.3, 0.4) is 0 Å². The summed E-state index contributed by atoms with van der Waals surface area (Å²) in [7, 11) is 0. The number of allylic oxidation sites excluding steroid dienone is 1. The van der Waals surface area contributed by atoms with E-state index in [1.807, 2.05) is 24.8 Å². The SMILES string of the molecule is CCC=C(C)C(=O)N1CCC(CC(N)=O)CC1. The van der Waals surface area contributed by atoms with Crippen LogP contribution in [0.4, 0.5) is 0 Å². The van der Waals surface area contributed by atoms with Crippen LogP contribution in [0.15, 0.2) is 11.6 Å². The number of nitrogens with two attached hydrogens (primary N) is 1. The van der Waals surface area contributed by atoms with Crippen molar-refractivity contribution < 1.29 is 9.59 Å². The molecule has 1 rings (SSSR count). The molecule has 0 aliphatic carbocycles. The summed E-state index contributed by atoms with van der Waals surface area (Å²) in [6, 6.07) is 0. The highest BCUT2D eigenvalue weighted by molar-refractivity contribution is 5.92. The molecule has 1 aliphatic rings. The first-order valence-electron chi connectivity index (χ1n) is 6.29. The van der Waals surface area contributed by atoms with Crippen molar-refractivity contribution in [3.05, 3.63) is 11.6 Å². The van der Waals surface area contributed by atoms with Crippen molar-refractivity contribution in [1.82, 2.24) is 4.90 Å². The molecule has 0 aromatic rings. The largest absolute Gasteiger partial charge is 0.370 e. The van der Waals surface area contributed by atoms with Gasteiger partial charge in [0, 0.05) is 25.1 Å². The lowest BCUT2D eigenvalue weighted by molar-refractivity contribution is -0.128. The Kier molecular flexibility index (Phi) is 5.19. The number of carbonyl (C=O) groups excluding carboxylic acids is 2. The number of rotatable bonds is 4. The quantitative estimate of drug-likeness (QED) is 0.754. The first-order chi connectivity index (χ1) is 8.04. The molecule has 4 heteroatoms. The Morgan fingerprint density at radius 1 is 1.35 bits per heavy atom. The van der Waals surface area contributed by atoms with Crippen molar-refractivity contribution in [2.75, 3.05) is 13.1 Å². The number of piperidine rings is 1. The maximum atomic E-state index is 12.0. The van der Waals surface area contributed by atoms with Crippen LogP contribution in [0, 0.1) is 5.92 Å². The Labute approximate surface area is 103 Å². The topological polar surface area (TPSA) is 63.4 Å². The smallest absolute Gasteiger partial charge is 0.249 e. The number of hydrogen-bond acceptors (Lipinski definition) is 2. The van der Waals surface area contributed by atoms with Gasteiger partial charge in [-0.25, -0.2) is 0 Å². The Morgan fingerprint density at radius 2 is 1.94 bits per heavy atom. The summed E-state index contributed by atoms with van der Waals surface area (Å²) in [6.45, 7) is 5.37. The van der Waals surface area contributed by atoms with Crippen molar-refractivity contribution in [2.24, 2.45) is 11.7 Å². The van der Waals surface area contributed by atoms with Crippen LogP contribution in [0.5, 0.6) is 0 Å². The fourth-order valence-electron chi connectivity index (χ4n) is 2.27. The molecule has 0 saturated carbocycles. The lowest BCUT2D eigenvalue weighted by Crippen LogP contribution is -2.39. The number of hydrogen-bond donors (Lipinski definition) is 1. The molecule has 96 valence electrons. The maximum Gasteiger partial charge on any atom is 0.249 e. The Balaban J connectivity index is 2.44. The summed E-state index contributed by atoms with van der Waals surface area (Å²) >= 11 is 0. The molecule has 4 nitrogen and oxygen atoms in total. The molecular weight excluding hydrogens is 216 g/mol. The number of carbonyl (C=O) groups is 2. The lowest BCUT2D eigenvalue weighted by Gasteiger charge is -2.31. The lowest BCUT2D eigenvalue weighted by atomic mass is 9.93. The minimum atomic E-state index is -0.239. The van der Waals surface area contributed by atoms with Crippen molar-refractivity contribution in [2.45, 2.75) is 39.5 Å². The number of likely N-dealkylation sites (tertiary alicyclic amines) is 1. The number of primary amides is 1. The van der Waals surface area contributed by atoms with Crippen molar-refractivity contribution >= 4 is 11.8 Å². The Hall–Kier alpha value is -1.32. The van der Waals surface area contributed by atoms with Gasteiger partial charge in [0.25, 0.3) is 0 Å². The molecule has 1 heterocycles. The zero-order chi connectivity index (χ0) is 12.8. The summed E-state index contributed by atoms with van der Waals surface area (Å²) in [5.74, 6) is 0.244. The Bertz CT molecular complexity index is 315. The highest BCUT2D eigenvalue weighted by atomic mass is 16.2. The monoisotopic (exact) mass is 238 g/mol. The molecule has 0 spiro atoms. The average Bonchev–Trinajstić information content (AvgIpc) is 2.28. The normalized spacial score (nSPS) is 18.2. The fourth-order valence-corrected chi connectivity index (χ4v) is 2.27. The minimum absolute atomic E-state index is 0.129. The summed E-state index contributed by atoms with van der Waals surface area (Å²) in [5, 5.41) is 0. The van der Waals surface area contributed by atoms with Gasteiger partial charge < -0.3 is 10.6 Å². The Morgan fingerprint density at radius 3 is 2.41 bits per heavy atom. The third-order valence-electron chi connectivity index (χ3n) is 3.24. The molecule has 2 N–H and O–H groups in total. The minimum Gasteiger partial charge on any atom is -0.370 e. The van der Waals surface area contributed by atoms with E-state index >= 15 is 0 Å². The third-order valence-corrected chi connectivity index (χ3v) is 3.24. The molecule has 1 saturated heterocycles. The molecule has 1 fully saturated rings. The summed E-state index contributed by atoms with van der Waals surface area (Å²) in [5.41, 5.74) is 6.00. The van der Waals surface area contributed by atoms with Gasteiger partial charge in [-0.15, -0.1) is 0 Å². The van der Waals surface area contributed by atoms with Gasteiger partial charge in [-0.1, -0.05) is 13.0 Å². The maximum absolute atomic E-state index is 12.0. The predicted octanol–water partition coefficient (Wildman–Crippen LogP) is 1.46. The average molecular weight is 238 g/mol. The van der Waals surface area contributed by atoms with Crippen LogP contribution >= 0.6 is 0 Å². The molecular formula is C13H22N2O2. The fraction of sp³-hybridized carbons (Fsp3) is 0.692. The second-order valence-electron chi connectivity index (χ2n) is 4.70. The zero-order valence-electron chi connectivity index (χ0n) is 10.7. The van der Waals surface area contributed by atoms with E-state index in [1.54, 1.807) is 0 Å². The van der Waals surface area contributed by atoms with Gasteiger partial charge in [-0.3, -0.25) is 9.59 Å². The van der Waals surface area contributed by atoms with Crippen LogP contribution < -0.4 is 5.73 Å². The van der Waals surface area contributed by atoms with E-state index in [9.17, 15) is 9.59 Å². The predicted molar refractivity (Wildman–Crippen MR) is 67.2 cm³/mol. The van der Waals surface area contributed by atoms with Crippen molar-refractivity contribution in [3.8, 4) is 0 Å². The van der Waals surface area contributed by atoms with E-state index in [-0.39, 0.29) is 11.8 Å². The van der Waals surface area contributed by atoms with Crippen molar-refractivity contribution in [3.63, 3.8) is 0 Å². The van der Waals surface area contributed by atoms with E-state index in [2.05, 4.69) is 0 Å². The number of amides is 2. The standard InChI is InChI=1S/C13H22N2O2/c1-3-4-10(2)13(17)15-7-5-11(6-8-15)9-12(14)16/h4,11H,3,5-9H2,1-2H3,(H2,14,16). The van der Waals surface area contributed by atoms with Gasteiger partial charge in [0.05, 0.1) is 0 Å². The van der Waals surface area contributed by atoms with Gasteiger partial charge in [-0.2, -0.15) is 0 Å². The molecule has 0 atom stereocenters. The van der Waals surface area contributed by atoms with Gasteiger partial charge in [0.1, 0.15) is 0 Å². The van der Waals surface area contributed by atoms with Gasteiger partial charge in [-0.05, 0) is 32.1 Å². The van der Waals surface area contributed by atoms with Crippen LogP contribution in [0.2, 0.25) is 0 Å². The molecule has 0 radical (unpaired) electrons. The van der Waals surface area contributed by atoms with E-state index in [0.29, 0.717) is 12.3 Å². The summed E-state index contributed by atoms with van der Waals surface area (Å²) in [6.07, 6.45) is 5.06. The van der Waals surface area contributed by atoms with Gasteiger partial charge in [0.2, 0.25) is 11.8 Å². The van der Waals surface area contributed by atoms with Gasteiger partial charge in [0.15, 0.2) is 0 Å². The van der Waals surface area contributed by atoms with Crippen LogP contribution in [0.1, 0.15) is 39.5 Å². The van der Waals surface area contributed by atoms with E-state index in [1.165, 1.54) is 0 Å². The van der Waals surface area contributed by atoms with E-state index < -0.39 is 0 Å². The first-order valence-corrected chi connectivity index (χ1v) is 6.29. The van der Waals surface area contributed by atoms with Crippen molar-refractivity contribution in [1.29, 1.82) is 0 Å². The summed E-state index contributed by atoms with van der Waals surface area (Å²) < 4.78 is 0. The summed E-state index contributed by atoms with van der Waals surface area (Å²) in [4.78, 5) is 24.7. The molecule has 1 aliphatic heterocycles. The molecule has 0 bridgehead atoms. The van der Waals surface area contributed by atoms with Crippen LogP contribution in [-0.4, -0.2) is 29.8 Å². The molecule has 0 aromatic heterocycles. The highest BCUT2D eigenvalue weighted by Crippen LogP contribution is 2.21. The van der Waals surface area contributed by atoms with E-state index in [4.69, 9.17) is 5.73 Å². The second kappa shape index (κ2) is 6.42.